The second kappa shape index (κ2) is 10.3. The fourth-order valence-electron chi connectivity index (χ4n) is 3.78. The largest absolute Gasteiger partial charge is 0.497 e. The lowest BCUT2D eigenvalue weighted by Gasteiger charge is -2.30. The van der Waals surface area contributed by atoms with E-state index in [2.05, 4.69) is 19.2 Å². The van der Waals surface area contributed by atoms with Crippen LogP contribution in [0.15, 0.2) is 36.4 Å². The number of nitrogens with one attached hydrogen (secondary N) is 1. The van der Waals surface area contributed by atoms with Gasteiger partial charge in [-0.1, -0.05) is 19.9 Å². The predicted molar refractivity (Wildman–Crippen MR) is 128 cm³/mol. The number of carbonyl (C=O) groups is 1. The van der Waals surface area contributed by atoms with Gasteiger partial charge in [-0.3, -0.25) is 9.10 Å². The van der Waals surface area contributed by atoms with E-state index >= 15 is 0 Å². The molecule has 0 aliphatic rings. The van der Waals surface area contributed by atoms with Crippen molar-refractivity contribution >= 4 is 21.6 Å². The third kappa shape index (κ3) is 5.73. The van der Waals surface area contributed by atoms with Crippen LogP contribution in [0.1, 0.15) is 56.3 Å². The number of hydrogen-bond acceptors (Lipinski definition) is 5. The molecule has 0 aliphatic heterocycles. The molecule has 2 atom stereocenters. The van der Waals surface area contributed by atoms with Crippen molar-refractivity contribution < 1.29 is 22.7 Å². The van der Waals surface area contributed by atoms with E-state index in [1.165, 1.54) is 7.11 Å². The number of nitrogens with zero attached hydrogens (tertiary/aromatic N) is 1. The third-order valence-electron chi connectivity index (χ3n) is 5.46. The monoisotopic (exact) mass is 462 g/mol. The molecule has 2 aromatic rings. The van der Waals surface area contributed by atoms with E-state index < -0.39 is 22.0 Å². The van der Waals surface area contributed by atoms with Crippen LogP contribution in [0, 0.1) is 6.92 Å². The Morgan fingerprint density at radius 1 is 1.00 bits per heavy atom. The number of amides is 1. The van der Waals surface area contributed by atoms with Crippen LogP contribution in [0.3, 0.4) is 0 Å². The van der Waals surface area contributed by atoms with E-state index in [0.717, 1.165) is 33.0 Å². The van der Waals surface area contributed by atoms with Gasteiger partial charge in [-0.05, 0) is 67.6 Å². The van der Waals surface area contributed by atoms with Gasteiger partial charge in [-0.15, -0.1) is 0 Å². The first kappa shape index (κ1) is 25.5. The number of sulfonamides is 1. The summed E-state index contributed by atoms with van der Waals surface area (Å²) in [5.74, 6) is 1.17. The molecule has 0 fully saturated rings. The first-order valence-corrected chi connectivity index (χ1v) is 12.4. The number of aryl methyl sites for hydroxylation is 1. The van der Waals surface area contributed by atoms with E-state index in [-0.39, 0.29) is 12.0 Å². The van der Waals surface area contributed by atoms with Crippen LogP contribution >= 0.6 is 0 Å². The predicted octanol–water partition coefficient (Wildman–Crippen LogP) is 4.17. The fraction of sp³-hybridized carbons (Fsp3) is 0.458. The van der Waals surface area contributed by atoms with E-state index in [9.17, 15) is 13.2 Å². The number of benzene rings is 2. The minimum Gasteiger partial charge on any atom is -0.497 e. The maximum Gasteiger partial charge on any atom is 0.244 e. The summed E-state index contributed by atoms with van der Waals surface area (Å²) in [4.78, 5) is 13.1. The van der Waals surface area contributed by atoms with Crippen molar-refractivity contribution in [3.63, 3.8) is 0 Å². The molecule has 0 radical (unpaired) electrons. The third-order valence-corrected chi connectivity index (χ3v) is 6.70. The van der Waals surface area contributed by atoms with Crippen molar-refractivity contribution in [2.45, 2.75) is 52.6 Å². The fourth-order valence-corrected chi connectivity index (χ4v) is 4.95. The highest BCUT2D eigenvalue weighted by Crippen LogP contribution is 2.32. The van der Waals surface area contributed by atoms with Gasteiger partial charge in [0.05, 0.1) is 32.2 Å². The average Bonchev–Trinajstić information content (AvgIpc) is 2.72. The molecular formula is C24H34N2O5S. The SMILES string of the molecule is COc1cccc(N([C@@H](C)C(=O)N[C@H](C)c2cc(C(C)C)c(OC)cc2C)S(C)(=O)=O)c1. The zero-order valence-corrected chi connectivity index (χ0v) is 20.9. The maximum atomic E-state index is 13.1. The van der Waals surface area contributed by atoms with Gasteiger partial charge < -0.3 is 14.8 Å². The van der Waals surface area contributed by atoms with Crippen molar-refractivity contribution in [3.8, 4) is 11.5 Å². The van der Waals surface area contributed by atoms with Crippen LogP contribution < -0.4 is 19.1 Å². The molecule has 1 N–H and O–H groups in total. The highest BCUT2D eigenvalue weighted by atomic mass is 32.2. The molecule has 0 aromatic heterocycles. The van der Waals surface area contributed by atoms with E-state index in [1.54, 1.807) is 38.3 Å². The number of rotatable bonds is 9. The molecule has 7 nitrogen and oxygen atoms in total. The van der Waals surface area contributed by atoms with Crippen molar-refractivity contribution in [3.05, 3.63) is 53.1 Å². The summed E-state index contributed by atoms with van der Waals surface area (Å²) in [7, 11) is -0.574. The lowest BCUT2D eigenvalue weighted by molar-refractivity contribution is -0.122. The Balaban J connectivity index is 2.34. The maximum absolute atomic E-state index is 13.1. The molecule has 0 unspecified atom stereocenters. The van der Waals surface area contributed by atoms with Gasteiger partial charge in [0.15, 0.2) is 0 Å². The second-order valence-corrected chi connectivity index (χ2v) is 10.1. The molecule has 2 aromatic carbocycles. The minimum absolute atomic E-state index is 0.250. The summed E-state index contributed by atoms with van der Waals surface area (Å²) in [6, 6.07) is 9.38. The molecule has 8 heteroatoms. The zero-order valence-electron chi connectivity index (χ0n) is 20.1. The summed E-state index contributed by atoms with van der Waals surface area (Å²) in [6.07, 6.45) is 1.09. The smallest absolute Gasteiger partial charge is 0.244 e. The van der Waals surface area contributed by atoms with Crippen molar-refractivity contribution in [1.29, 1.82) is 0 Å². The van der Waals surface area contributed by atoms with Gasteiger partial charge in [0.2, 0.25) is 15.9 Å². The first-order valence-electron chi connectivity index (χ1n) is 10.5. The lowest BCUT2D eigenvalue weighted by Crippen LogP contribution is -2.48. The standard InChI is InChI=1S/C24H34N2O5S/c1-15(2)21-14-22(16(3)12-23(21)31-7)17(4)25-24(27)18(5)26(32(8,28)29)19-10-9-11-20(13-19)30-6/h9-15,17-18H,1-8H3,(H,25,27)/t17-,18+/m1/s1. The number of ether oxygens (including phenoxy) is 2. The normalized spacial score (nSPS) is 13.4. The van der Waals surface area contributed by atoms with E-state index in [1.807, 2.05) is 26.0 Å². The van der Waals surface area contributed by atoms with Crippen LogP contribution in [0.5, 0.6) is 11.5 Å². The number of hydrogen-bond donors (Lipinski definition) is 1. The van der Waals surface area contributed by atoms with Crippen LogP contribution in [0.4, 0.5) is 5.69 Å². The van der Waals surface area contributed by atoms with Crippen molar-refractivity contribution in [1.82, 2.24) is 5.32 Å². The Kier molecular flexibility index (Phi) is 8.18. The quantitative estimate of drug-likeness (QED) is 0.605. The highest BCUT2D eigenvalue weighted by Gasteiger charge is 2.30. The molecular weight excluding hydrogens is 428 g/mol. The topological polar surface area (TPSA) is 84.9 Å². The Morgan fingerprint density at radius 3 is 2.19 bits per heavy atom. The Bertz CT molecular complexity index is 1070. The molecule has 176 valence electrons. The lowest BCUT2D eigenvalue weighted by atomic mass is 9.93. The van der Waals surface area contributed by atoms with Crippen molar-refractivity contribution in [2.75, 3.05) is 24.8 Å². The van der Waals surface area contributed by atoms with Gasteiger partial charge in [-0.25, -0.2) is 8.42 Å². The van der Waals surface area contributed by atoms with Gasteiger partial charge in [0.25, 0.3) is 0 Å². The Morgan fingerprint density at radius 2 is 1.66 bits per heavy atom. The Hall–Kier alpha value is -2.74. The molecule has 1 amide bonds. The molecule has 32 heavy (non-hydrogen) atoms. The molecule has 0 aliphatic carbocycles. The first-order chi connectivity index (χ1) is 14.9. The molecule has 0 saturated carbocycles. The van der Waals surface area contributed by atoms with E-state index in [0.29, 0.717) is 11.4 Å². The van der Waals surface area contributed by atoms with Crippen LogP contribution in [0.2, 0.25) is 0 Å². The molecule has 0 heterocycles. The van der Waals surface area contributed by atoms with Crippen molar-refractivity contribution in [2.24, 2.45) is 0 Å². The summed E-state index contributed by atoms with van der Waals surface area (Å²) in [6.45, 7) is 9.59. The Labute approximate surface area is 191 Å². The molecule has 0 bridgehead atoms. The van der Waals surface area contributed by atoms with Gasteiger partial charge in [-0.2, -0.15) is 0 Å². The second-order valence-electron chi connectivity index (χ2n) is 8.27. The number of anilines is 1. The summed E-state index contributed by atoms with van der Waals surface area (Å²) in [5, 5.41) is 2.97. The van der Waals surface area contributed by atoms with Crippen LogP contribution in [-0.4, -0.2) is 40.8 Å². The summed E-state index contributed by atoms with van der Waals surface area (Å²) in [5.41, 5.74) is 3.36. The molecule has 2 rings (SSSR count). The number of carbonyl (C=O) groups excluding carboxylic acids is 1. The van der Waals surface area contributed by atoms with Crippen LogP contribution in [0.25, 0.3) is 0 Å². The molecule has 0 saturated heterocycles. The minimum atomic E-state index is -3.72. The molecule has 0 spiro atoms. The summed E-state index contributed by atoms with van der Waals surface area (Å²) >= 11 is 0. The average molecular weight is 463 g/mol. The summed E-state index contributed by atoms with van der Waals surface area (Å²) < 4.78 is 37.0. The van der Waals surface area contributed by atoms with Gasteiger partial charge in [0.1, 0.15) is 17.5 Å². The van der Waals surface area contributed by atoms with Gasteiger partial charge in [0, 0.05) is 6.07 Å². The van der Waals surface area contributed by atoms with E-state index in [4.69, 9.17) is 9.47 Å². The number of methoxy groups -OCH3 is 2. The highest BCUT2D eigenvalue weighted by molar-refractivity contribution is 7.92. The van der Waals surface area contributed by atoms with Gasteiger partial charge >= 0.3 is 0 Å². The zero-order chi connectivity index (χ0) is 24.2. The van der Waals surface area contributed by atoms with Crippen LogP contribution in [-0.2, 0) is 14.8 Å².